The normalized spacial score (nSPS) is 11.8. The summed E-state index contributed by atoms with van der Waals surface area (Å²) in [5, 5.41) is 29.0. The molecular weight excluding hydrogens is 214 g/mol. The Morgan fingerprint density at radius 2 is 1.69 bits per heavy atom. The number of nitrogens with one attached hydrogen (secondary N) is 1. The molecule has 4 N–H and O–H groups in total. The molecule has 0 fully saturated rings. The average Bonchev–Trinajstić information content (AvgIpc) is 2.15. The van der Waals surface area contributed by atoms with Gasteiger partial charge in [0.05, 0.1) is 0 Å². The second-order valence-corrected chi connectivity index (χ2v) is 3.27. The Morgan fingerprint density at radius 3 is 2.12 bits per heavy atom. The first kappa shape index (κ1) is 11.8. The molecule has 1 amide bonds. The zero-order chi connectivity index (χ0) is 12.3. The highest BCUT2D eigenvalue weighted by molar-refractivity contribution is 5.97. The quantitative estimate of drug-likeness (QED) is 0.592. The number of hydrogen-bond acceptors (Lipinski definition) is 4. The molecule has 0 unspecified atom stereocenters. The van der Waals surface area contributed by atoms with Crippen molar-refractivity contribution >= 4 is 11.9 Å². The lowest BCUT2D eigenvalue weighted by Gasteiger charge is -2.09. The number of carbonyl (C=O) groups excluding carboxylic acids is 1. The number of rotatable bonds is 3. The Labute approximate surface area is 91.1 Å². The van der Waals surface area contributed by atoms with Crippen molar-refractivity contribution in [2.45, 2.75) is 13.0 Å². The number of aliphatic carboxylic acids is 1. The lowest BCUT2D eigenvalue weighted by molar-refractivity contribution is -0.138. The van der Waals surface area contributed by atoms with Gasteiger partial charge in [0.15, 0.2) is 0 Å². The monoisotopic (exact) mass is 225 g/mol. The molecule has 0 aromatic heterocycles. The fourth-order valence-corrected chi connectivity index (χ4v) is 1.07. The number of phenols is 2. The van der Waals surface area contributed by atoms with Crippen molar-refractivity contribution in [3.63, 3.8) is 0 Å². The maximum absolute atomic E-state index is 11.5. The second kappa shape index (κ2) is 4.52. The van der Waals surface area contributed by atoms with Gasteiger partial charge >= 0.3 is 5.97 Å². The standard InChI is InChI=1S/C10H11NO5/c1-5(10(15)16)11-9(14)6-2-7(12)4-8(13)3-6/h2-5,12-13H,1H3,(H,11,14)(H,15,16)/t5-/m0/s1. The summed E-state index contributed by atoms with van der Waals surface area (Å²) in [6.07, 6.45) is 0. The fraction of sp³-hybridized carbons (Fsp3) is 0.200. The van der Waals surface area contributed by atoms with Gasteiger partial charge in [0.25, 0.3) is 5.91 Å². The lowest BCUT2D eigenvalue weighted by atomic mass is 10.1. The number of benzene rings is 1. The Hall–Kier alpha value is -2.24. The molecule has 0 aliphatic carbocycles. The van der Waals surface area contributed by atoms with Crippen LogP contribution in [-0.4, -0.2) is 33.2 Å². The summed E-state index contributed by atoms with van der Waals surface area (Å²) < 4.78 is 0. The van der Waals surface area contributed by atoms with E-state index in [9.17, 15) is 9.59 Å². The fourth-order valence-electron chi connectivity index (χ4n) is 1.07. The largest absolute Gasteiger partial charge is 0.508 e. The third-order valence-corrected chi connectivity index (χ3v) is 1.88. The Balaban J connectivity index is 2.84. The molecule has 1 aromatic rings. The van der Waals surface area contributed by atoms with Crippen LogP contribution >= 0.6 is 0 Å². The molecule has 1 aromatic carbocycles. The predicted octanol–water partition coefficient (Wildman–Crippen LogP) is 0.301. The Bertz CT molecular complexity index is 409. The first-order valence-electron chi connectivity index (χ1n) is 4.47. The molecule has 0 spiro atoms. The second-order valence-electron chi connectivity index (χ2n) is 3.27. The van der Waals surface area contributed by atoms with E-state index in [0.29, 0.717) is 0 Å². The van der Waals surface area contributed by atoms with Gasteiger partial charge in [-0.05, 0) is 19.1 Å². The molecule has 0 bridgehead atoms. The van der Waals surface area contributed by atoms with Gasteiger partial charge in [-0.1, -0.05) is 0 Å². The predicted molar refractivity (Wildman–Crippen MR) is 54.3 cm³/mol. The minimum Gasteiger partial charge on any atom is -0.508 e. The number of carboxylic acid groups (broad SMARTS) is 1. The molecule has 6 heteroatoms. The summed E-state index contributed by atoms with van der Waals surface area (Å²) in [6.45, 7) is 1.31. The smallest absolute Gasteiger partial charge is 0.325 e. The number of amides is 1. The average molecular weight is 225 g/mol. The maximum Gasteiger partial charge on any atom is 0.325 e. The number of phenolic OH excluding ortho intramolecular Hbond substituents is 2. The third-order valence-electron chi connectivity index (χ3n) is 1.88. The van der Waals surface area contributed by atoms with Gasteiger partial charge in [-0.15, -0.1) is 0 Å². The van der Waals surface area contributed by atoms with E-state index in [2.05, 4.69) is 5.32 Å². The van der Waals surface area contributed by atoms with Crippen LogP contribution in [0.15, 0.2) is 18.2 Å². The molecule has 0 saturated carbocycles. The van der Waals surface area contributed by atoms with Crippen molar-refractivity contribution < 1.29 is 24.9 Å². The first-order chi connectivity index (χ1) is 7.40. The number of hydrogen-bond donors (Lipinski definition) is 4. The molecule has 6 nitrogen and oxygen atoms in total. The van der Waals surface area contributed by atoms with E-state index < -0.39 is 17.9 Å². The summed E-state index contributed by atoms with van der Waals surface area (Å²) >= 11 is 0. The van der Waals surface area contributed by atoms with Gasteiger partial charge in [0.2, 0.25) is 0 Å². The van der Waals surface area contributed by atoms with Gasteiger partial charge in [-0.2, -0.15) is 0 Å². The van der Waals surface area contributed by atoms with Gasteiger partial charge in [-0.25, -0.2) is 0 Å². The van der Waals surface area contributed by atoms with Crippen LogP contribution in [0, 0.1) is 0 Å². The van der Waals surface area contributed by atoms with Crippen LogP contribution in [0.5, 0.6) is 11.5 Å². The van der Waals surface area contributed by atoms with Crippen molar-refractivity contribution in [3.05, 3.63) is 23.8 Å². The Morgan fingerprint density at radius 1 is 1.19 bits per heavy atom. The maximum atomic E-state index is 11.5. The van der Waals surface area contributed by atoms with Crippen LogP contribution in [0.3, 0.4) is 0 Å². The molecule has 0 aliphatic rings. The van der Waals surface area contributed by atoms with E-state index in [4.69, 9.17) is 15.3 Å². The summed E-state index contributed by atoms with van der Waals surface area (Å²) in [7, 11) is 0. The van der Waals surface area contributed by atoms with Crippen molar-refractivity contribution in [2.75, 3.05) is 0 Å². The van der Waals surface area contributed by atoms with E-state index >= 15 is 0 Å². The van der Waals surface area contributed by atoms with E-state index in [0.717, 1.165) is 18.2 Å². The summed E-state index contributed by atoms with van der Waals surface area (Å²) in [5.74, 6) is -2.39. The summed E-state index contributed by atoms with van der Waals surface area (Å²) in [4.78, 5) is 22.0. The lowest BCUT2D eigenvalue weighted by Crippen LogP contribution is -2.38. The van der Waals surface area contributed by atoms with Crippen LogP contribution in [0.2, 0.25) is 0 Å². The van der Waals surface area contributed by atoms with E-state index in [-0.39, 0.29) is 17.1 Å². The van der Waals surface area contributed by atoms with E-state index in [1.165, 1.54) is 6.92 Å². The molecule has 0 aliphatic heterocycles. The summed E-state index contributed by atoms with van der Waals surface area (Å²) in [6, 6.07) is 2.28. The highest BCUT2D eigenvalue weighted by atomic mass is 16.4. The van der Waals surface area contributed by atoms with E-state index in [1.54, 1.807) is 0 Å². The minimum absolute atomic E-state index is 0.00870. The molecule has 16 heavy (non-hydrogen) atoms. The summed E-state index contributed by atoms with van der Waals surface area (Å²) in [5.41, 5.74) is -0.00870. The minimum atomic E-state index is -1.17. The number of carbonyl (C=O) groups is 2. The van der Waals surface area contributed by atoms with Crippen molar-refractivity contribution in [1.29, 1.82) is 0 Å². The molecular formula is C10H11NO5. The molecule has 1 atom stereocenters. The highest BCUT2D eigenvalue weighted by Gasteiger charge is 2.16. The first-order valence-corrected chi connectivity index (χ1v) is 4.47. The topological polar surface area (TPSA) is 107 Å². The van der Waals surface area contributed by atoms with Gasteiger partial charge in [0, 0.05) is 11.6 Å². The zero-order valence-electron chi connectivity index (χ0n) is 8.47. The number of carboxylic acids is 1. The molecule has 0 radical (unpaired) electrons. The van der Waals surface area contributed by atoms with Gasteiger partial charge in [0.1, 0.15) is 17.5 Å². The molecule has 0 heterocycles. The third kappa shape index (κ3) is 2.88. The highest BCUT2D eigenvalue weighted by Crippen LogP contribution is 2.20. The molecule has 0 saturated heterocycles. The van der Waals surface area contributed by atoms with Crippen LogP contribution in [0.1, 0.15) is 17.3 Å². The van der Waals surface area contributed by atoms with Gasteiger partial charge in [-0.3, -0.25) is 9.59 Å². The van der Waals surface area contributed by atoms with Crippen LogP contribution in [-0.2, 0) is 4.79 Å². The van der Waals surface area contributed by atoms with E-state index in [1.807, 2.05) is 0 Å². The molecule has 1 rings (SSSR count). The van der Waals surface area contributed by atoms with Crippen molar-refractivity contribution in [1.82, 2.24) is 5.32 Å². The van der Waals surface area contributed by atoms with Crippen molar-refractivity contribution in [2.24, 2.45) is 0 Å². The van der Waals surface area contributed by atoms with Gasteiger partial charge < -0.3 is 20.6 Å². The van der Waals surface area contributed by atoms with Crippen LogP contribution in [0.25, 0.3) is 0 Å². The molecule has 86 valence electrons. The SMILES string of the molecule is C[C@H](NC(=O)c1cc(O)cc(O)c1)C(=O)O. The Kier molecular flexibility index (Phi) is 3.34. The zero-order valence-corrected chi connectivity index (χ0v) is 8.47. The van der Waals surface area contributed by atoms with Crippen molar-refractivity contribution in [3.8, 4) is 11.5 Å². The van der Waals surface area contributed by atoms with Crippen LogP contribution < -0.4 is 5.32 Å². The number of aromatic hydroxyl groups is 2. The van der Waals surface area contributed by atoms with Crippen LogP contribution in [0.4, 0.5) is 0 Å².